The summed E-state index contributed by atoms with van der Waals surface area (Å²) in [5.74, 6) is 0. The van der Waals surface area contributed by atoms with Crippen LogP contribution in [0, 0.1) is 10.1 Å². The van der Waals surface area contributed by atoms with Crippen LogP contribution in [0.25, 0.3) is 0 Å². The number of hydrogen-bond donors (Lipinski definition) is 2. The van der Waals surface area contributed by atoms with Crippen LogP contribution in [0.5, 0.6) is 0 Å². The van der Waals surface area contributed by atoms with E-state index in [0.29, 0.717) is 11.8 Å². The molecule has 0 bridgehead atoms. The zero-order valence-electron chi connectivity index (χ0n) is 14.1. The van der Waals surface area contributed by atoms with Crippen molar-refractivity contribution < 1.29 is 4.92 Å². The number of nitrogens with one attached hydrogen (secondary N) is 2. The minimum atomic E-state index is -0.265. The molecule has 0 unspecified atom stereocenters. The third-order valence-electron chi connectivity index (χ3n) is 4.36. The van der Waals surface area contributed by atoms with E-state index in [1.807, 2.05) is 42.5 Å². The first-order valence-electron chi connectivity index (χ1n) is 8.70. The smallest absolute Gasteiger partial charge is 0.283 e. The van der Waals surface area contributed by atoms with Crippen molar-refractivity contribution in [2.75, 3.05) is 5.43 Å². The minimum Gasteiger partial charge on any atom is -0.321 e. The Hall–Kier alpha value is -2.05. The molecule has 0 spiro atoms. The first kappa shape index (κ1) is 17.8. The predicted octanol–water partition coefficient (Wildman–Crippen LogP) is 5.14. The number of nitro benzene ring substituents is 1. The molecular weight excluding hydrogens is 334 g/mol. The summed E-state index contributed by atoms with van der Waals surface area (Å²) in [6, 6.07) is 15.3. The van der Waals surface area contributed by atoms with E-state index in [9.17, 15) is 10.1 Å². The number of hydrazine groups is 1. The second-order valence-electron chi connectivity index (χ2n) is 6.28. The molecule has 0 saturated heterocycles. The van der Waals surface area contributed by atoms with E-state index in [-0.39, 0.29) is 10.6 Å². The topological polar surface area (TPSA) is 67.2 Å². The number of hydrogen-bond acceptors (Lipinski definition) is 5. The van der Waals surface area contributed by atoms with Crippen molar-refractivity contribution in [1.82, 2.24) is 5.43 Å². The lowest BCUT2D eigenvalue weighted by Gasteiger charge is -2.21. The molecule has 1 aliphatic carbocycles. The lowest BCUT2D eigenvalue weighted by molar-refractivity contribution is -0.387. The third kappa shape index (κ3) is 5.21. The van der Waals surface area contributed by atoms with Crippen molar-refractivity contribution in [2.24, 2.45) is 0 Å². The van der Waals surface area contributed by atoms with Crippen LogP contribution in [0.3, 0.4) is 0 Å². The molecule has 132 valence electrons. The fraction of sp³-hybridized carbons (Fsp3) is 0.368. The van der Waals surface area contributed by atoms with Gasteiger partial charge in [0.25, 0.3) is 5.69 Å². The molecule has 1 saturated carbocycles. The number of nitro groups is 1. The molecule has 2 N–H and O–H groups in total. The van der Waals surface area contributed by atoms with E-state index in [4.69, 9.17) is 0 Å². The van der Waals surface area contributed by atoms with Gasteiger partial charge in [0.15, 0.2) is 0 Å². The maximum Gasteiger partial charge on any atom is 0.283 e. The highest BCUT2D eigenvalue weighted by atomic mass is 32.2. The van der Waals surface area contributed by atoms with Gasteiger partial charge >= 0.3 is 0 Å². The van der Waals surface area contributed by atoms with E-state index in [0.717, 1.165) is 29.0 Å². The van der Waals surface area contributed by atoms with Gasteiger partial charge in [-0.3, -0.25) is 10.1 Å². The Labute approximate surface area is 152 Å². The molecule has 0 amide bonds. The summed E-state index contributed by atoms with van der Waals surface area (Å²) < 4.78 is 0. The summed E-state index contributed by atoms with van der Waals surface area (Å²) >= 11 is 1.67. The number of rotatable bonds is 7. The predicted molar refractivity (Wildman–Crippen MR) is 103 cm³/mol. The van der Waals surface area contributed by atoms with Crippen LogP contribution in [-0.2, 0) is 6.54 Å². The number of anilines is 1. The maximum absolute atomic E-state index is 11.5. The van der Waals surface area contributed by atoms with Gasteiger partial charge in [-0.15, -0.1) is 11.8 Å². The summed E-state index contributed by atoms with van der Waals surface area (Å²) in [6.45, 7) is 0.518. The molecule has 25 heavy (non-hydrogen) atoms. The van der Waals surface area contributed by atoms with Crippen LogP contribution >= 0.6 is 11.8 Å². The summed E-state index contributed by atoms with van der Waals surface area (Å²) in [6.07, 6.45) is 6.08. The van der Waals surface area contributed by atoms with Crippen molar-refractivity contribution >= 4 is 23.1 Å². The first-order valence-corrected chi connectivity index (χ1v) is 9.58. The Morgan fingerprint density at radius 2 is 1.84 bits per heavy atom. The van der Waals surface area contributed by atoms with Gasteiger partial charge in [0.2, 0.25) is 0 Å². The van der Waals surface area contributed by atoms with Gasteiger partial charge in [-0.05, 0) is 36.6 Å². The number of nitrogens with zero attached hydrogens (tertiary/aromatic N) is 1. The number of benzene rings is 2. The van der Waals surface area contributed by atoms with E-state index >= 15 is 0 Å². The van der Waals surface area contributed by atoms with Gasteiger partial charge in [0, 0.05) is 23.5 Å². The van der Waals surface area contributed by atoms with Gasteiger partial charge in [-0.25, -0.2) is 5.43 Å². The molecule has 0 aliphatic heterocycles. The first-order chi connectivity index (χ1) is 12.2. The number of para-hydroxylation sites is 1. The Morgan fingerprint density at radius 3 is 2.56 bits per heavy atom. The SMILES string of the molecule is O=[N+]([O-])c1cc(CNNc2ccccc2)ccc1SC1CCCCC1. The average molecular weight is 357 g/mol. The van der Waals surface area contributed by atoms with E-state index in [1.165, 1.54) is 19.3 Å². The molecule has 0 aromatic heterocycles. The van der Waals surface area contributed by atoms with E-state index in [2.05, 4.69) is 10.9 Å². The van der Waals surface area contributed by atoms with Gasteiger partial charge in [-0.1, -0.05) is 43.5 Å². The van der Waals surface area contributed by atoms with Crippen LogP contribution in [0.2, 0.25) is 0 Å². The molecule has 2 aromatic carbocycles. The maximum atomic E-state index is 11.5. The van der Waals surface area contributed by atoms with Gasteiger partial charge in [-0.2, -0.15) is 0 Å². The van der Waals surface area contributed by atoms with Crippen LogP contribution in [0.1, 0.15) is 37.7 Å². The molecule has 0 heterocycles. The molecule has 0 atom stereocenters. The Morgan fingerprint density at radius 1 is 1.08 bits per heavy atom. The fourth-order valence-corrected chi connectivity index (χ4v) is 4.38. The van der Waals surface area contributed by atoms with E-state index < -0.39 is 0 Å². The van der Waals surface area contributed by atoms with Crippen molar-refractivity contribution in [2.45, 2.75) is 48.8 Å². The highest BCUT2D eigenvalue weighted by Crippen LogP contribution is 2.38. The van der Waals surface area contributed by atoms with Gasteiger partial charge < -0.3 is 5.43 Å². The molecule has 6 heteroatoms. The summed E-state index contributed by atoms with van der Waals surface area (Å²) in [4.78, 5) is 12.0. The normalized spacial score (nSPS) is 15.0. The highest BCUT2D eigenvalue weighted by molar-refractivity contribution is 8.00. The monoisotopic (exact) mass is 357 g/mol. The highest BCUT2D eigenvalue weighted by Gasteiger charge is 2.21. The van der Waals surface area contributed by atoms with Crippen molar-refractivity contribution in [3.05, 3.63) is 64.2 Å². The van der Waals surface area contributed by atoms with Crippen molar-refractivity contribution in [3.8, 4) is 0 Å². The Bertz CT molecular complexity index is 703. The lowest BCUT2D eigenvalue weighted by Crippen LogP contribution is -2.20. The van der Waals surface area contributed by atoms with Gasteiger partial charge in [0.05, 0.1) is 9.82 Å². The van der Waals surface area contributed by atoms with Crippen LogP contribution in [-0.4, -0.2) is 10.2 Å². The van der Waals surface area contributed by atoms with E-state index in [1.54, 1.807) is 17.8 Å². The summed E-state index contributed by atoms with van der Waals surface area (Å²) in [7, 11) is 0. The van der Waals surface area contributed by atoms with Crippen molar-refractivity contribution in [3.63, 3.8) is 0 Å². The second-order valence-corrected chi connectivity index (χ2v) is 7.62. The average Bonchev–Trinajstić information content (AvgIpc) is 2.64. The Kier molecular flexibility index (Phi) is 6.30. The fourth-order valence-electron chi connectivity index (χ4n) is 3.05. The Balaban J connectivity index is 1.62. The second kappa shape index (κ2) is 8.87. The zero-order chi connectivity index (χ0) is 17.5. The molecule has 5 nitrogen and oxygen atoms in total. The number of thioether (sulfide) groups is 1. The largest absolute Gasteiger partial charge is 0.321 e. The minimum absolute atomic E-state index is 0.217. The third-order valence-corrected chi connectivity index (χ3v) is 5.77. The van der Waals surface area contributed by atoms with Crippen LogP contribution in [0.4, 0.5) is 11.4 Å². The molecule has 0 radical (unpaired) electrons. The molecule has 1 aliphatic rings. The van der Waals surface area contributed by atoms with Crippen molar-refractivity contribution in [1.29, 1.82) is 0 Å². The molecular formula is C19H23N3O2S. The standard InChI is InChI=1S/C19H23N3O2S/c23-22(24)18-13-15(14-20-21-16-7-3-1-4-8-16)11-12-19(18)25-17-9-5-2-6-10-17/h1,3-4,7-8,11-13,17,20-21H,2,5-6,9-10,14H2. The zero-order valence-corrected chi connectivity index (χ0v) is 14.9. The van der Waals surface area contributed by atoms with Crippen LogP contribution in [0.15, 0.2) is 53.4 Å². The quantitative estimate of drug-likeness (QED) is 0.531. The molecule has 1 fully saturated rings. The summed E-state index contributed by atoms with van der Waals surface area (Å²) in [5, 5.41) is 12.0. The summed E-state index contributed by atoms with van der Waals surface area (Å²) in [5.41, 5.74) is 8.27. The lowest BCUT2D eigenvalue weighted by atomic mass is 10.0. The van der Waals surface area contributed by atoms with Crippen LogP contribution < -0.4 is 10.9 Å². The molecule has 3 rings (SSSR count). The molecule has 2 aromatic rings. The van der Waals surface area contributed by atoms with Gasteiger partial charge in [0.1, 0.15) is 0 Å².